The Morgan fingerprint density at radius 2 is 1.92 bits per heavy atom. The molecule has 0 atom stereocenters. The van der Waals surface area contributed by atoms with Gasteiger partial charge in [0.15, 0.2) is 0 Å². The summed E-state index contributed by atoms with van der Waals surface area (Å²) in [5.74, 6) is 0.262. The highest BCUT2D eigenvalue weighted by Crippen LogP contribution is 2.24. The summed E-state index contributed by atoms with van der Waals surface area (Å²) in [6.45, 7) is 3.32. The number of piperidine rings is 1. The van der Waals surface area contributed by atoms with E-state index >= 15 is 0 Å². The Labute approximate surface area is 152 Å². The number of amides is 2. The first-order valence-corrected chi connectivity index (χ1v) is 8.79. The summed E-state index contributed by atoms with van der Waals surface area (Å²) in [6, 6.07) is 5.31. The Bertz CT molecular complexity index is 822. The Morgan fingerprint density at radius 1 is 1.19 bits per heavy atom. The highest BCUT2D eigenvalue weighted by Gasteiger charge is 2.25. The zero-order chi connectivity index (χ0) is 18.7. The van der Waals surface area contributed by atoms with E-state index in [0.29, 0.717) is 22.7 Å². The summed E-state index contributed by atoms with van der Waals surface area (Å²) < 4.78 is 6.79. The van der Waals surface area contributed by atoms with E-state index in [0.717, 1.165) is 37.9 Å². The molecule has 3 rings (SSSR count). The lowest BCUT2D eigenvalue weighted by Crippen LogP contribution is -2.37. The summed E-state index contributed by atoms with van der Waals surface area (Å²) in [7, 11) is 3.28. The molecule has 1 aromatic carbocycles. The van der Waals surface area contributed by atoms with E-state index in [1.54, 1.807) is 26.3 Å². The second-order valence-electron chi connectivity index (χ2n) is 6.47. The molecule has 2 aromatic rings. The van der Waals surface area contributed by atoms with Gasteiger partial charge in [-0.25, -0.2) is 0 Å². The minimum absolute atomic E-state index is 0.0950. The van der Waals surface area contributed by atoms with Crippen LogP contribution in [-0.2, 0) is 7.05 Å². The highest BCUT2D eigenvalue weighted by atomic mass is 16.5. The number of methoxy groups -OCH3 is 1. The number of hydrogen-bond acceptors (Lipinski definition) is 4. The first kappa shape index (κ1) is 18.0. The fourth-order valence-electron chi connectivity index (χ4n) is 3.30. The Hall–Kier alpha value is -2.83. The number of ether oxygens (including phenoxy) is 1. The normalized spacial score (nSPS) is 14.2. The van der Waals surface area contributed by atoms with Gasteiger partial charge in [0.25, 0.3) is 11.8 Å². The van der Waals surface area contributed by atoms with Crippen molar-refractivity contribution < 1.29 is 14.3 Å². The number of aromatic nitrogens is 2. The van der Waals surface area contributed by atoms with Crippen molar-refractivity contribution in [2.24, 2.45) is 7.05 Å². The third-order valence-corrected chi connectivity index (χ3v) is 4.78. The number of aryl methyl sites for hydroxylation is 1. The van der Waals surface area contributed by atoms with Crippen LogP contribution in [0.4, 0.5) is 5.69 Å². The standard InChI is InChI=1S/C19H24N4O3/c1-13-14(8-7-9-16(13)26-3)18(24)21-15-12-20-22(2)17(15)19(25)23-10-5-4-6-11-23/h7-9,12H,4-6,10-11H2,1-3H3,(H,21,24). The first-order chi connectivity index (χ1) is 12.5. The number of rotatable bonds is 4. The third kappa shape index (κ3) is 3.42. The summed E-state index contributed by atoms with van der Waals surface area (Å²) in [5.41, 5.74) is 2.08. The van der Waals surface area contributed by atoms with Crippen molar-refractivity contribution >= 4 is 17.5 Å². The number of hydrogen-bond donors (Lipinski definition) is 1. The van der Waals surface area contributed by atoms with Crippen LogP contribution in [0.3, 0.4) is 0 Å². The zero-order valence-corrected chi connectivity index (χ0v) is 15.4. The van der Waals surface area contributed by atoms with Crippen molar-refractivity contribution in [1.82, 2.24) is 14.7 Å². The maximum Gasteiger partial charge on any atom is 0.274 e. The summed E-state index contributed by atoms with van der Waals surface area (Å²) in [5, 5.41) is 7.00. The number of nitrogens with one attached hydrogen (secondary N) is 1. The number of anilines is 1. The van der Waals surface area contributed by atoms with Gasteiger partial charge < -0.3 is 15.0 Å². The summed E-state index contributed by atoms with van der Waals surface area (Å²) >= 11 is 0. The quantitative estimate of drug-likeness (QED) is 0.914. The second-order valence-corrected chi connectivity index (χ2v) is 6.47. The van der Waals surface area contributed by atoms with Crippen LogP contribution in [0, 0.1) is 6.92 Å². The molecule has 2 amide bonds. The van der Waals surface area contributed by atoms with E-state index in [1.807, 2.05) is 17.9 Å². The van der Waals surface area contributed by atoms with Gasteiger partial charge in [0, 0.05) is 31.3 Å². The van der Waals surface area contributed by atoms with Gasteiger partial charge in [-0.05, 0) is 38.3 Å². The number of nitrogens with zero attached hydrogens (tertiary/aromatic N) is 3. The van der Waals surface area contributed by atoms with Crippen molar-refractivity contribution in [1.29, 1.82) is 0 Å². The van der Waals surface area contributed by atoms with Gasteiger partial charge in [-0.1, -0.05) is 6.07 Å². The van der Waals surface area contributed by atoms with E-state index in [4.69, 9.17) is 4.74 Å². The van der Waals surface area contributed by atoms with Crippen LogP contribution in [0.1, 0.15) is 45.7 Å². The molecule has 0 unspecified atom stereocenters. The molecule has 1 fully saturated rings. The lowest BCUT2D eigenvalue weighted by molar-refractivity contribution is 0.0714. The van der Waals surface area contributed by atoms with Gasteiger partial charge in [0.2, 0.25) is 0 Å². The van der Waals surface area contributed by atoms with Crippen LogP contribution in [-0.4, -0.2) is 46.7 Å². The van der Waals surface area contributed by atoms with E-state index in [-0.39, 0.29) is 11.8 Å². The topological polar surface area (TPSA) is 76.5 Å². The molecule has 1 aliphatic heterocycles. The van der Waals surface area contributed by atoms with Crippen molar-refractivity contribution in [3.63, 3.8) is 0 Å². The van der Waals surface area contributed by atoms with Crippen LogP contribution in [0.25, 0.3) is 0 Å². The smallest absolute Gasteiger partial charge is 0.274 e. The largest absolute Gasteiger partial charge is 0.496 e. The Morgan fingerprint density at radius 3 is 2.62 bits per heavy atom. The van der Waals surface area contributed by atoms with Gasteiger partial charge in [0.05, 0.1) is 19.0 Å². The number of benzene rings is 1. The van der Waals surface area contributed by atoms with Crippen LogP contribution in [0.5, 0.6) is 5.75 Å². The molecule has 26 heavy (non-hydrogen) atoms. The molecule has 1 aliphatic rings. The number of carbonyl (C=O) groups is 2. The molecule has 7 heteroatoms. The van der Waals surface area contributed by atoms with Crippen LogP contribution in [0.2, 0.25) is 0 Å². The van der Waals surface area contributed by atoms with Crippen molar-refractivity contribution in [3.05, 3.63) is 41.2 Å². The van der Waals surface area contributed by atoms with Gasteiger partial charge in [-0.3, -0.25) is 14.3 Å². The zero-order valence-electron chi connectivity index (χ0n) is 15.4. The molecule has 0 spiro atoms. The minimum atomic E-state index is -0.290. The van der Waals surface area contributed by atoms with E-state index in [9.17, 15) is 9.59 Å². The molecule has 138 valence electrons. The van der Waals surface area contributed by atoms with E-state index < -0.39 is 0 Å². The lowest BCUT2D eigenvalue weighted by Gasteiger charge is -2.27. The van der Waals surface area contributed by atoms with Gasteiger partial charge >= 0.3 is 0 Å². The van der Waals surface area contributed by atoms with Crippen LogP contribution in [0.15, 0.2) is 24.4 Å². The van der Waals surface area contributed by atoms with E-state index in [2.05, 4.69) is 10.4 Å². The van der Waals surface area contributed by atoms with Crippen molar-refractivity contribution in [2.75, 3.05) is 25.5 Å². The molecule has 0 saturated carbocycles. The fraction of sp³-hybridized carbons (Fsp3) is 0.421. The molecule has 1 N–H and O–H groups in total. The summed E-state index contributed by atoms with van der Waals surface area (Å²) in [4.78, 5) is 27.4. The molecule has 1 aromatic heterocycles. The predicted octanol–water partition coefficient (Wildman–Crippen LogP) is 2.62. The number of likely N-dealkylation sites (tertiary alicyclic amines) is 1. The van der Waals surface area contributed by atoms with Crippen LogP contribution < -0.4 is 10.1 Å². The lowest BCUT2D eigenvalue weighted by atomic mass is 10.1. The molecule has 0 aliphatic carbocycles. The second kappa shape index (κ2) is 7.59. The monoisotopic (exact) mass is 356 g/mol. The maximum atomic E-state index is 12.9. The minimum Gasteiger partial charge on any atom is -0.496 e. The molecule has 1 saturated heterocycles. The van der Waals surface area contributed by atoms with Gasteiger partial charge in [-0.15, -0.1) is 0 Å². The predicted molar refractivity (Wildman–Crippen MR) is 98.6 cm³/mol. The van der Waals surface area contributed by atoms with Crippen molar-refractivity contribution in [2.45, 2.75) is 26.2 Å². The summed E-state index contributed by atoms with van der Waals surface area (Å²) in [6.07, 6.45) is 4.68. The molecule has 7 nitrogen and oxygen atoms in total. The van der Waals surface area contributed by atoms with E-state index in [1.165, 1.54) is 10.9 Å². The SMILES string of the molecule is COc1cccc(C(=O)Nc2cnn(C)c2C(=O)N2CCCCC2)c1C. The molecular formula is C19H24N4O3. The number of carbonyl (C=O) groups excluding carboxylic acids is 2. The first-order valence-electron chi connectivity index (χ1n) is 8.79. The molecular weight excluding hydrogens is 332 g/mol. The van der Waals surface area contributed by atoms with Gasteiger partial charge in [-0.2, -0.15) is 5.10 Å². The molecule has 0 bridgehead atoms. The van der Waals surface area contributed by atoms with Crippen molar-refractivity contribution in [3.8, 4) is 5.75 Å². The maximum absolute atomic E-state index is 12.9. The third-order valence-electron chi connectivity index (χ3n) is 4.78. The Kier molecular flexibility index (Phi) is 5.25. The average Bonchev–Trinajstić information content (AvgIpc) is 3.02. The molecule has 2 heterocycles. The fourth-order valence-corrected chi connectivity index (χ4v) is 3.30. The van der Waals surface area contributed by atoms with Gasteiger partial charge in [0.1, 0.15) is 11.4 Å². The average molecular weight is 356 g/mol. The van der Waals surface area contributed by atoms with Crippen LogP contribution >= 0.6 is 0 Å². The highest BCUT2D eigenvalue weighted by molar-refractivity contribution is 6.09. The molecule has 0 radical (unpaired) electrons. The Balaban J connectivity index is 1.85.